The molecule has 0 aliphatic carbocycles. The Balaban J connectivity index is 2.75. The van der Waals surface area contributed by atoms with Crippen molar-refractivity contribution >= 4 is 29.7 Å². The summed E-state index contributed by atoms with van der Waals surface area (Å²) in [5.41, 5.74) is 5.47. The molecule has 0 spiro atoms. The molecule has 0 bridgehead atoms. The summed E-state index contributed by atoms with van der Waals surface area (Å²) in [6.45, 7) is 5.02. The third kappa shape index (κ3) is 6.19. The smallest absolute Gasteiger partial charge is 0.326 e. The minimum atomic E-state index is -1.30. The summed E-state index contributed by atoms with van der Waals surface area (Å²) in [5, 5.41) is 22.7. The second-order valence-corrected chi connectivity index (χ2v) is 7.19. The first-order valence-electron chi connectivity index (χ1n) is 9.07. The highest BCUT2D eigenvalue weighted by molar-refractivity contribution is 5.94. The summed E-state index contributed by atoms with van der Waals surface area (Å²) in [5.74, 6) is -4.60. The highest BCUT2D eigenvalue weighted by Crippen LogP contribution is 2.19. The lowest BCUT2D eigenvalue weighted by atomic mass is 10.0. The van der Waals surface area contributed by atoms with Crippen molar-refractivity contribution < 1.29 is 34.2 Å². The van der Waals surface area contributed by atoms with Crippen molar-refractivity contribution in [2.45, 2.75) is 64.2 Å². The molecule has 1 aliphatic heterocycles. The van der Waals surface area contributed by atoms with Crippen LogP contribution in [0.3, 0.4) is 0 Å². The van der Waals surface area contributed by atoms with Crippen LogP contribution in [0.1, 0.15) is 40.0 Å². The molecule has 1 fully saturated rings. The van der Waals surface area contributed by atoms with Crippen molar-refractivity contribution in [2.75, 3.05) is 6.54 Å². The van der Waals surface area contributed by atoms with Gasteiger partial charge in [-0.3, -0.25) is 19.2 Å². The zero-order valence-corrected chi connectivity index (χ0v) is 16.2. The minimum absolute atomic E-state index is 0.289. The predicted molar refractivity (Wildman–Crippen MR) is 97.0 cm³/mol. The van der Waals surface area contributed by atoms with Gasteiger partial charge in [-0.1, -0.05) is 13.8 Å². The topological polar surface area (TPSA) is 179 Å². The van der Waals surface area contributed by atoms with Crippen LogP contribution in [0, 0.1) is 5.92 Å². The van der Waals surface area contributed by atoms with Crippen molar-refractivity contribution in [2.24, 2.45) is 11.7 Å². The number of carbonyl (C=O) groups is 5. The molecule has 3 amide bonds. The Morgan fingerprint density at radius 1 is 1.11 bits per heavy atom. The normalized spacial score (nSPS) is 19.6. The molecule has 0 aromatic heterocycles. The van der Waals surface area contributed by atoms with Gasteiger partial charge in [0.25, 0.3) is 0 Å². The molecule has 11 nitrogen and oxygen atoms in total. The van der Waals surface area contributed by atoms with Crippen LogP contribution < -0.4 is 16.4 Å². The third-order valence-electron chi connectivity index (χ3n) is 4.53. The maximum Gasteiger partial charge on any atom is 0.326 e. The first-order valence-corrected chi connectivity index (χ1v) is 9.07. The van der Waals surface area contributed by atoms with E-state index in [4.69, 9.17) is 10.8 Å². The fourth-order valence-corrected chi connectivity index (χ4v) is 2.98. The lowest BCUT2D eigenvalue weighted by molar-refractivity contribution is -0.145. The summed E-state index contributed by atoms with van der Waals surface area (Å²) in [6.07, 6.45) is 0.358. The Labute approximate surface area is 162 Å². The maximum absolute atomic E-state index is 12.7. The Hall–Kier alpha value is -2.69. The number of nitrogens with one attached hydrogen (secondary N) is 2. The number of amides is 3. The second-order valence-electron chi connectivity index (χ2n) is 7.19. The van der Waals surface area contributed by atoms with Crippen LogP contribution in [0.5, 0.6) is 0 Å². The lowest BCUT2D eigenvalue weighted by Gasteiger charge is -2.29. The zero-order chi connectivity index (χ0) is 21.6. The molecule has 0 radical (unpaired) electrons. The highest BCUT2D eigenvalue weighted by atomic mass is 16.4. The largest absolute Gasteiger partial charge is 0.481 e. The first kappa shape index (κ1) is 23.3. The van der Waals surface area contributed by atoms with Crippen LogP contribution in [0.25, 0.3) is 0 Å². The van der Waals surface area contributed by atoms with Gasteiger partial charge >= 0.3 is 11.9 Å². The van der Waals surface area contributed by atoms with E-state index in [1.807, 2.05) is 0 Å². The van der Waals surface area contributed by atoms with Crippen LogP contribution in [0.4, 0.5) is 0 Å². The van der Waals surface area contributed by atoms with Crippen molar-refractivity contribution in [3.05, 3.63) is 0 Å². The first-order chi connectivity index (χ1) is 13.0. The third-order valence-corrected chi connectivity index (χ3v) is 4.53. The zero-order valence-electron chi connectivity index (χ0n) is 16.2. The highest BCUT2D eigenvalue weighted by Gasteiger charge is 2.38. The van der Waals surface area contributed by atoms with Gasteiger partial charge in [-0.05, 0) is 25.7 Å². The van der Waals surface area contributed by atoms with E-state index in [1.165, 1.54) is 11.8 Å². The number of nitrogens with two attached hydrogens (primary N) is 1. The monoisotopic (exact) mass is 400 g/mol. The minimum Gasteiger partial charge on any atom is -0.481 e. The van der Waals surface area contributed by atoms with Crippen molar-refractivity contribution in [1.29, 1.82) is 0 Å². The average Bonchev–Trinajstić information content (AvgIpc) is 3.06. The number of aliphatic carboxylic acids is 2. The van der Waals surface area contributed by atoms with E-state index in [2.05, 4.69) is 10.6 Å². The van der Waals surface area contributed by atoms with E-state index in [0.717, 1.165) is 0 Å². The van der Waals surface area contributed by atoms with Gasteiger partial charge in [-0.2, -0.15) is 0 Å². The van der Waals surface area contributed by atoms with Gasteiger partial charge in [0.1, 0.15) is 18.1 Å². The molecule has 158 valence electrons. The van der Waals surface area contributed by atoms with Gasteiger partial charge in [-0.25, -0.2) is 4.79 Å². The van der Waals surface area contributed by atoms with Gasteiger partial charge in [0.05, 0.1) is 12.5 Å². The van der Waals surface area contributed by atoms with Crippen LogP contribution in [-0.4, -0.2) is 75.5 Å². The fraction of sp³-hybridized carbons (Fsp3) is 0.706. The Morgan fingerprint density at radius 2 is 1.71 bits per heavy atom. The number of carboxylic acids is 2. The second kappa shape index (κ2) is 10.0. The summed E-state index contributed by atoms with van der Waals surface area (Å²) in [7, 11) is 0. The van der Waals surface area contributed by atoms with Gasteiger partial charge in [0.15, 0.2) is 0 Å². The van der Waals surface area contributed by atoms with Gasteiger partial charge in [0, 0.05) is 6.54 Å². The standard InChI is InChI=1S/C17H28N4O7/c1-8(2)13(17(27)28)20-15(25)11-5-4-6-21(11)16(26)9(3)19-14(24)10(18)7-12(22)23/h8-11,13H,4-7,18H2,1-3H3,(H,19,24)(H,20,25)(H,22,23)(H,27,28)/t9-,10-,11-,13-/m0/s1. The van der Waals surface area contributed by atoms with Gasteiger partial charge < -0.3 is 31.5 Å². The summed E-state index contributed by atoms with van der Waals surface area (Å²) in [4.78, 5) is 60.3. The summed E-state index contributed by atoms with van der Waals surface area (Å²) < 4.78 is 0. The van der Waals surface area contributed by atoms with Crippen LogP contribution in [-0.2, 0) is 24.0 Å². The molecule has 28 heavy (non-hydrogen) atoms. The van der Waals surface area contributed by atoms with E-state index >= 15 is 0 Å². The molecule has 1 rings (SSSR count). The van der Waals surface area contributed by atoms with Gasteiger partial charge in [-0.15, -0.1) is 0 Å². The molecule has 1 aliphatic rings. The average molecular weight is 400 g/mol. The maximum atomic E-state index is 12.7. The number of hydrogen-bond donors (Lipinski definition) is 5. The van der Waals surface area contributed by atoms with E-state index in [0.29, 0.717) is 12.8 Å². The molecule has 1 saturated heterocycles. The van der Waals surface area contributed by atoms with E-state index in [1.54, 1.807) is 13.8 Å². The Kier molecular flexibility index (Phi) is 8.35. The quantitative estimate of drug-likeness (QED) is 0.310. The van der Waals surface area contributed by atoms with Crippen molar-refractivity contribution in [3.63, 3.8) is 0 Å². The lowest BCUT2D eigenvalue weighted by Crippen LogP contribution is -2.56. The van der Waals surface area contributed by atoms with Crippen LogP contribution >= 0.6 is 0 Å². The number of likely N-dealkylation sites (tertiary alicyclic amines) is 1. The summed E-state index contributed by atoms with van der Waals surface area (Å²) in [6, 6.07) is -4.22. The van der Waals surface area contributed by atoms with Crippen LogP contribution in [0.2, 0.25) is 0 Å². The SMILES string of the molecule is CC(C)[C@H](NC(=O)[C@@H]1CCCN1C(=O)[C@H](C)NC(=O)[C@@H](N)CC(=O)O)C(=O)O. The molecule has 6 N–H and O–H groups in total. The molecule has 0 aromatic rings. The van der Waals surface area contributed by atoms with E-state index in [-0.39, 0.29) is 12.5 Å². The van der Waals surface area contributed by atoms with Crippen molar-refractivity contribution in [1.82, 2.24) is 15.5 Å². The molecular formula is C17H28N4O7. The Bertz CT molecular complexity index is 637. The molecule has 0 saturated carbocycles. The predicted octanol–water partition coefficient (Wildman–Crippen LogP) is -1.49. The number of carboxylic acid groups (broad SMARTS) is 2. The molecule has 0 aromatic carbocycles. The molecular weight excluding hydrogens is 372 g/mol. The molecule has 11 heteroatoms. The number of carbonyl (C=O) groups excluding carboxylic acids is 3. The van der Waals surface area contributed by atoms with Crippen LogP contribution in [0.15, 0.2) is 0 Å². The van der Waals surface area contributed by atoms with Gasteiger partial charge in [0.2, 0.25) is 17.7 Å². The fourth-order valence-electron chi connectivity index (χ4n) is 2.98. The van der Waals surface area contributed by atoms with E-state index in [9.17, 15) is 29.1 Å². The van der Waals surface area contributed by atoms with E-state index < -0.39 is 60.2 Å². The number of nitrogens with zero attached hydrogens (tertiary/aromatic N) is 1. The summed E-state index contributed by atoms with van der Waals surface area (Å²) >= 11 is 0. The molecule has 0 unspecified atom stereocenters. The number of rotatable bonds is 9. The van der Waals surface area contributed by atoms with Crippen molar-refractivity contribution in [3.8, 4) is 0 Å². The molecule has 4 atom stereocenters. The number of hydrogen-bond acceptors (Lipinski definition) is 6. The Morgan fingerprint density at radius 3 is 2.21 bits per heavy atom. The molecule has 1 heterocycles.